The summed E-state index contributed by atoms with van der Waals surface area (Å²) in [5.74, 6) is 2.87. The van der Waals surface area contributed by atoms with Gasteiger partial charge in [-0.2, -0.15) is 18.4 Å². The van der Waals surface area contributed by atoms with E-state index in [0.717, 1.165) is 55.2 Å². The first kappa shape index (κ1) is 48.2. The Morgan fingerprint density at radius 3 is 1.53 bits per heavy atom. The third-order valence-corrected chi connectivity index (χ3v) is 14.2. The van der Waals surface area contributed by atoms with Crippen LogP contribution in [0.3, 0.4) is 0 Å². The molecule has 0 spiro atoms. The smallest absolute Gasteiger partial charge is 0.327 e. The highest BCUT2D eigenvalue weighted by Crippen LogP contribution is 2.33. The van der Waals surface area contributed by atoms with Crippen molar-refractivity contribution in [3.05, 3.63) is 258 Å². The highest BCUT2D eigenvalue weighted by atomic mass is 32.2. The Labute approximate surface area is 445 Å². The normalized spacial score (nSPS) is 11.7. The van der Waals surface area contributed by atoms with Crippen LogP contribution in [0.2, 0.25) is 0 Å². The molecule has 0 radical (unpaired) electrons. The summed E-state index contributed by atoms with van der Waals surface area (Å²) >= 11 is 0. The molecule has 0 aliphatic carbocycles. The summed E-state index contributed by atoms with van der Waals surface area (Å²) in [6, 6.07) is 71.1. The maximum absolute atomic E-state index is 13.0. The van der Waals surface area contributed by atoms with Crippen molar-refractivity contribution < 1.29 is 22.4 Å². The second kappa shape index (κ2) is 20.9. The number of hydrogen-bond donors (Lipinski definition) is 3. The summed E-state index contributed by atoms with van der Waals surface area (Å²) in [7, 11) is -4.70. The zero-order valence-electron chi connectivity index (χ0n) is 41.6. The highest BCUT2D eigenvalue weighted by molar-refractivity contribution is 7.86. The number of fused-ring (bicyclic) bond motifs is 4. The fourth-order valence-electron chi connectivity index (χ4n) is 9.52. The van der Waals surface area contributed by atoms with Crippen LogP contribution in [0.5, 0.6) is 23.4 Å². The van der Waals surface area contributed by atoms with Gasteiger partial charge in [-0.05, 0) is 126 Å². The lowest BCUT2D eigenvalue weighted by Crippen LogP contribution is -2.05. The SMILES string of the molecule is Cc1cc(Nc2cc(Cc3ccc4ccccc4c3)nc(Cc3ccc4ccccc4c3)n2)ccc1/C=C/c1ccc(Nc2cc(Oc3ccc4ccccc4c3)nc(Oc3ccc4ccccc4c3)n2)cc1S(=O)(=O)O. The van der Waals surface area contributed by atoms with Crippen LogP contribution in [-0.2, 0) is 23.0 Å². The van der Waals surface area contributed by atoms with Crippen molar-refractivity contribution in [3.8, 4) is 23.4 Å². The Hall–Kier alpha value is -9.75. The highest BCUT2D eigenvalue weighted by Gasteiger charge is 2.18. The van der Waals surface area contributed by atoms with E-state index in [1.54, 1.807) is 24.3 Å². The molecular weight excluding hydrogens is 977 g/mol. The summed E-state index contributed by atoms with van der Waals surface area (Å²) in [6.45, 7) is 1.98. The number of rotatable bonds is 15. The number of aryl methyl sites for hydroxylation is 1. The maximum atomic E-state index is 13.0. The Bertz CT molecular complexity index is 4180. The Balaban J connectivity index is 0.798. The molecule has 374 valence electrons. The van der Waals surface area contributed by atoms with Crippen LogP contribution in [0.4, 0.5) is 23.0 Å². The number of nitrogens with zero attached hydrogens (tertiary/aromatic N) is 4. The van der Waals surface area contributed by atoms with Crippen molar-refractivity contribution in [3.63, 3.8) is 0 Å². The van der Waals surface area contributed by atoms with Crippen LogP contribution < -0.4 is 20.1 Å². The summed E-state index contributed by atoms with van der Waals surface area (Å²) in [6.07, 6.45) is 4.67. The van der Waals surface area contributed by atoms with Crippen LogP contribution in [-0.4, -0.2) is 32.9 Å². The molecule has 0 fully saturated rings. The van der Waals surface area contributed by atoms with Gasteiger partial charge in [-0.25, -0.2) is 9.97 Å². The number of anilines is 4. The van der Waals surface area contributed by atoms with E-state index in [9.17, 15) is 13.0 Å². The van der Waals surface area contributed by atoms with E-state index in [0.29, 0.717) is 41.7 Å². The summed E-state index contributed by atoms with van der Waals surface area (Å²) in [4.78, 5) is 19.0. The largest absolute Gasteiger partial charge is 0.439 e. The van der Waals surface area contributed by atoms with E-state index in [1.807, 2.05) is 140 Å². The molecule has 0 bridgehead atoms. The molecule has 0 amide bonds. The molecule has 2 aromatic heterocycles. The van der Waals surface area contributed by atoms with Crippen molar-refractivity contribution in [2.45, 2.75) is 24.7 Å². The average molecular weight is 1030 g/mol. The minimum atomic E-state index is -4.70. The third-order valence-electron chi connectivity index (χ3n) is 13.3. The molecule has 0 aliphatic rings. The molecular formula is C65H48N6O5S. The van der Waals surface area contributed by atoms with Crippen LogP contribution in [0.15, 0.2) is 223 Å². The lowest BCUT2D eigenvalue weighted by molar-refractivity contribution is 0.413. The fourth-order valence-corrected chi connectivity index (χ4v) is 10.2. The van der Waals surface area contributed by atoms with E-state index in [-0.39, 0.29) is 28.2 Å². The average Bonchev–Trinajstić information content (AvgIpc) is 3.44. The van der Waals surface area contributed by atoms with Gasteiger partial charge in [0.1, 0.15) is 33.9 Å². The zero-order valence-corrected chi connectivity index (χ0v) is 42.4. The van der Waals surface area contributed by atoms with Gasteiger partial charge in [0.25, 0.3) is 10.1 Å². The van der Waals surface area contributed by atoms with Crippen LogP contribution in [0.1, 0.15) is 39.3 Å². The Morgan fingerprint density at radius 2 is 0.948 bits per heavy atom. The summed E-state index contributed by atoms with van der Waals surface area (Å²) in [5.41, 5.74) is 6.36. The number of nitrogens with one attached hydrogen (secondary N) is 2. The zero-order chi connectivity index (χ0) is 52.3. The number of benzene rings is 10. The molecule has 0 saturated heterocycles. The van der Waals surface area contributed by atoms with Crippen LogP contribution >= 0.6 is 0 Å². The van der Waals surface area contributed by atoms with Gasteiger partial charge >= 0.3 is 6.01 Å². The number of hydrogen-bond acceptors (Lipinski definition) is 10. The molecule has 2 heterocycles. The molecule has 12 rings (SSSR count). The van der Waals surface area contributed by atoms with Crippen molar-refractivity contribution in [2.24, 2.45) is 0 Å². The van der Waals surface area contributed by atoms with E-state index >= 15 is 0 Å². The van der Waals surface area contributed by atoms with Gasteiger partial charge in [-0.15, -0.1) is 0 Å². The number of aromatic nitrogens is 4. The van der Waals surface area contributed by atoms with Gasteiger partial charge in [0, 0.05) is 36.3 Å². The molecule has 77 heavy (non-hydrogen) atoms. The van der Waals surface area contributed by atoms with E-state index in [2.05, 4.69) is 87.3 Å². The standard InChI is InChI=1S/C65H48N6O5S/c1-42-32-55(66-62-40-57(35-43-18-20-46-10-2-6-14-51(46)33-43)68-61(69-62)36-44-19-21-47-11-3-7-15-52(47)34-44)28-24-45(42)22-23-50-25-29-56(39-60(50)77(72,73)74)67-63-41-64(75-58-30-26-48-12-4-8-16-53(48)37-58)71-65(70-63)76-59-31-27-49-13-5-9-17-54(49)38-59/h2-34,37-41H,35-36H2,1H3,(H,66,68,69)(H,67,70,71)(H,72,73,74)/b23-22+. The van der Waals surface area contributed by atoms with Gasteiger partial charge in [0.05, 0.1) is 5.69 Å². The third kappa shape index (κ3) is 11.3. The van der Waals surface area contributed by atoms with Gasteiger partial charge in [-0.3, -0.25) is 4.55 Å². The first-order valence-corrected chi connectivity index (χ1v) is 26.5. The predicted molar refractivity (Wildman–Crippen MR) is 309 cm³/mol. The molecule has 10 aromatic carbocycles. The van der Waals surface area contributed by atoms with Crippen LogP contribution in [0, 0.1) is 6.92 Å². The lowest BCUT2D eigenvalue weighted by atomic mass is 10.0. The summed E-state index contributed by atoms with van der Waals surface area (Å²) in [5, 5.41) is 15.5. The van der Waals surface area contributed by atoms with Gasteiger partial charge in [0.2, 0.25) is 5.88 Å². The van der Waals surface area contributed by atoms with Gasteiger partial charge in [0.15, 0.2) is 0 Å². The second-order valence-corrected chi connectivity index (χ2v) is 20.2. The first-order chi connectivity index (χ1) is 37.5. The molecule has 0 saturated carbocycles. The monoisotopic (exact) mass is 1020 g/mol. The first-order valence-electron chi connectivity index (χ1n) is 25.0. The lowest BCUT2D eigenvalue weighted by Gasteiger charge is -2.13. The quantitative estimate of drug-likeness (QED) is 0.0665. The molecule has 12 aromatic rings. The topological polar surface area (TPSA) is 148 Å². The number of ether oxygens (including phenoxy) is 2. The Morgan fingerprint density at radius 1 is 0.455 bits per heavy atom. The molecule has 0 unspecified atom stereocenters. The maximum Gasteiger partial charge on any atom is 0.327 e. The van der Waals surface area contributed by atoms with Crippen molar-refractivity contribution in [2.75, 3.05) is 10.6 Å². The fraction of sp³-hybridized carbons (Fsp3) is 0.0462. The van der Waals surface area contributed by atoms with E-state index in [1.165, 1.54) is 27.6 Å². The van der Waals surface area contributed by atoms with Crippen molar-refractivity contribution in [1.29, 1.82) is 0 Å². The molecule has 3 N–H and O–H groups in total. The van der Waals surface area contributed by atoms with E-state index in [4.69, 9.17) is 19.4 Å². The van der Waals surface area contributed by atoms with Gasteiger partial charge < -0.3 is 20.1 Å². The minimum Gasteiger partial charge on any atom is -0.439 e. The Kier molecular flexibility index (Phi) is 13.1. The molecule has 11 nitrogen and oxygen atoms in total. The minimum absolute atomic E-state index is 0.00675. The van der Waals surface area contributed by atoms with E-state index < -0.39 is 10.1 Å². The molecule has 0 aliphatic heterocycles. The second-order valence-electron chi connectivity index (χ2n) is 18.9. The predicted octanol–water partition coefficient (Wildman–Crippen LogP) is 15.9. The summed E-state index contributed by atoms with van der Waals surface area (Å²) < 4.78 is 49.1. The van der Waals surface area contributed by atoms with Gasteiger partial charge in [-0.1, -0.05) is 170 Å². The molecule has 0 atom stereocenters. The van der Waals surface area contributed by atoms with Crippen LogP contribution in [0.25, 0.3) is 55.2 Å². The molecule has 12 heteroatoms. The van der Waals surface area contributed by atoms with Crippen molar-refractivity contribution >= 4 is 88.4 Å². The van der Waals surface area contributed by atoms with Crippen molar-refractivity contribution in [1.82, 2.24) is 19.9 Å².